The summed E-state index contributed by atoms with van der Waals surface area (Å²) >= 11 is 11.6. The lowest BCUT2D eigenvalue weighted by Gasteiger charge is -2.34. The molecule has 0 aromatic carbocycles. The van der Waals surface area contributed by atoms with Gasteiger partial charge in [-0.2, -0.15) is 5.10 Å². The summed E-state index contributed by atoms with van der Waals surface area (Å²) in [7, 11) is 0. The Labute approximate surface area is 137 Å². The molecule has 1 aliphatic rings. The molecule has 22 heavy (non-hydrogen) atoms. The van der Waals surface area contributed by atoms with Gasteiger partial charge in [-0.1, -0.05) is 23.2 Å². The number of nitrogens with zero attached hydrogens (tertiary/aromatic N) is 6. The van der Waals surface area contributed by atoms with Gasteiger partial charge in [0.25, 0.3) is 5.56 Å². The maximum Gasteiger partial charge on any atom is 0.288 e. The first-order valence-electron chi connectivity index (χ1n) is 6.79. The third kappa shape index (κ3) is 3.21. The van der Waals surface area contributed by atoms with Crippen LogP contribution in [-0.2, 0) is 6.67 Å². The van der Waals surface area contributed by atoms with Crippen molar-refractivity contribution in [2.45, 2.75) is 6.67 Å². The van der Waals surface area contributed by atoms with E-state index < -0.39 is 0 Å². The smallest absolute Gasteiger partial charge is 0.288 e. The topological polar surface area (TPSA) is 67.2 Å². The molecule has 0 N–H and O–H groups in total. The largest absolute Gasteiger partial charge is 0.353 e. The van der Waals surface area contributed by atoms with Gasteiger partial charge in [0, 0.05) is 38.6 Å². The van der Waals surface area contributed by atoms with E-state index in [0.717, 1.165) is 32.0 Å². The molecule has 7 nitrogen and oxygen atoms in total. The fraction of sp³-hybridized carbons (Fsp3) is 0.385. The molecule has 0 bridgehead atoms. The summed E-state index contributed by atoms with van der Waals surface area (Å²) in [5, 5.41) is 4.21. The van der Waals surface area contributed by atoms with Crippen LogP contribution in [0.5, 0.6) is 0 Å². The van der Waals surface area contributed by atoms with E-state index >= 15 is 0 Å². The molecule has 0 aliphatic carbocycles. The molecule has 0 spiro atoms. The summed E-state index contributed by atoms with van der Waals surface area (Å²) in [5.74, 6) is 0.868. The normalized spacial score (nSPS) is 16.0. The predicted molar refractivity (Wildman–Crippen MR) is 84.3 cm³/mol. The van der Waals surface area contributed by atoms with Gasteiger partial charge >= 0.3 is 0 Å². The zero-order chi connectivity index (χ0) is 15.5. The van der Waals surface area contributed by atoms with Crippen LogP contribution in [-0.4, -0.2) is 50.8 Å². The van der Waals surface area contributed by atoms with Crippen molar-refractivity contribution in [1.29, 1.82) is 0 Å². The third-order valence-corrected chi connectivity index (χ3v) is 4.27. The van der Waals surface area contributed by atoms with E-state index in [4.69, 9.17) is 23.2 Å². The second-order valence-electron chi connectivity index (χ2n) is 4.92. The van der Waals surface area contributed by atoms with Gasteiger partial charge in [-0.3, -0.25) is 14.7 Å². The highest BCUT2D eigenvalue weighted by Gasteiger charge is 2.19. The highest BCUT2D eigenvalue weighted by molar-refractivity contribution is 6.41. The van der Waals surface area contributed by atoms with Gasteiger partial charge in [0.15, 0.2) is 0 Å². The maximum absolute atomic E-state index is 12.0. The summed E-state index contributed by atoms with van der Waals surface area (Å²) < 4.78 is 1.33. The van der Waals surface area contributed by atoms with E-state index in [1.807, 2.05) is 0 Å². The van der Waals surface area contributed by atoms with Crippen molar-refractivity contribution in [1.82, 2.24) is 24.6 Å². The van der Waals surface area contributed by atoms with Crippen molar-refractivity contribution in [3.05, 3.63) is 45.2 Å². The zero-order valence-corrected chi connectivity index (χ0v) is 13.2. The maximum atomic E-state index is 12.0. The van der Waals surface area contributed by atoms with Crippen LogP contribution in [0.15, 0.2) is 29.6 Å². The van der Waals surface area contributed by atoms with Gasteiger partial charge in [-0.15, -0.1) is 0 Å². The quantitative estimate of drug-likeness (QED) is 0.834. The molecule has 0 radical (unpaired) electrons. The van der Waals surface area contributed by atoms with Crippen LogP contribution in [0.2, 0.25) is 10.0 Å². The van der Waals surface area contributed by atoms with E-state index in [1.165, 1.54) is 10.9 Å². The minimum Gasteiger partial charge on any atom is -0.353 e. The van der Waals surface area contributed by atoms with E-state index in [9.17, 15) is 4.79 Å². The highest BCUT2D eigenvalue weighted by atomic mass is 35.5. The van der Waals surface area contributed by atoms with Crippen molar-refractivity contribution in [3.8, 4) is 0 Å². The molecular formula is C13H14Cl2N6O. The standard InChI is InChI=1S/C13H14Cl2N6O/c14-10-7-18-21(13(22)12(10)15)9-19-3-5-20(6-4-19)11-8-16-1-2-17-11/h1-2,7-8H,3-6,9H2. The summed E-state index contributed by atoms with van der Waals surface area (Å²) in [6, 6.07) is 0. The Balaban J connectivity index is 1.63. The van der Waals surface area contributed by atoms with Gasteiger partial charge in [0.1, 0.15) is 10.8 Å². The van der Waals surface area contributed by atoms with Gasteiger partial charge in [-0.25, -0.2) is 9.67 Å². The lowest BCUT2D eigenvalue weighted by molar-refractivity contribution is 0.191. The molecule has 1 fully saturated rings. The van der Waals surface area contributed by atoms with Crippen LogP contribution >= 0.6 is 23.2 Å². The van der Waals surface area contributed by atoms with Gasteiger partial charge in [-0.05, 0) is 0 Å². The average Bonchev–Trinajstić information content (AvgIpc) is 2.57. The molecule has 2 aromatic rings. The van der Waals surface area contributed by atoms with Crippen LogP contribution in [0.25, 0.3) is 0 Å². The van der Waals surface area contributed by atoms with Crippen molar-refractivity contribution < 1.29 is 0 Å². The molecule has 0 amide bonds. The van der Waals surface area contributed by atoms with Crippen LogP contribution in [0, 0.1) is 0 Å². The molecular weight excluding hydrogens is 327 g/mol. The van der Waals surface area contributed by atoms with E-state index in [2.05, 4.69) is 24.9 Å². The number of rotatable bonds is 3. The Morgan fingerprint density at radius 2 is 1.86 bits per heavy atom. The Bertz CT molecular complexity index is 699. The first kappa shape index (κ1) is 15.2. The Morgan fingerprint density at radius 1 is 1.09 bits per heavy atom. The molecule has 3 heterocycles. The minimum atomic E-state index is -0.370. The molecule has 1 saturated heterocycles. The van der Waals surface area contributed by atoms with Crippen molar-refractivity contribution >= 4 is 29.0 Å². The number of aromatic nitrogens is 4. The number of halogens is 2. The molecule has 116 valence electrons. The number of piperazine rings is 1. The van der Waals surface area contributed by atoms with Crippen molar-refractivity contribution in [3.63, 3.8) is 0 Å². The fourth-order valence-corrected chi connectivity index (χ4v) is 2.58. The molecule has 1 aliphatic heterocycles. The lowest BCUT2D eigenvalue weighted by Crippen LogP contribution is -2.48. The van der Waals surface area contributed by atoms with E-state index in [0.29, 0.717) is 6.67 Å². The Morgan fingerprint density at radius 3 is 2.55 bits per heavy atom. The predicted octanol–water partition coefficient (Wildman–Crippen LogP) is 1.12. The molecule has 0 unspecified atom stereocenters. The van der Waals surface area contributed by atoms with Gasteiger partial charge < -0.3 is 4.90 Å². The number of hydrogen-bond acceptors (Lipinski definition) is 6. The number of hydrogen-bond donors (Lipinski definition) is 0. The minimum absolute atomic E-state index is 0.00913. The van der Waals surface area contributed by atoms with Crippen LogP contribution in [0.1, 0.15) is 0 Å². The molecule has 3 rings (SSSR count). The summed E-state index contributed by atoms with van der Waals surface area (Å²) in [5.41, 5.74) is -0.370. The second kappa shape index (κ2) is 6.60. The summed E-state index contributed by atoms with van der Waals surface area (Å²) in [6.45, 7) is 3.61. The lowest BCUT2D eigenvalue weighted by atomic mass is 10.3. The SMILES string of the molecule is O=c1c(Cl)c(Cl)cnn1CN1CCN(c2cnccn2)CC1. The first-order valence-corrected chi connectivity index (χ1v) is 7.55. The Hall–Kier alpha value is -1.70. The fourth-order valence-electron chi connectivity index (χ4n) is 2.31. The van der Waals surface area contributed by atoms with Gasteiger partial charge in [0.2, 0.25) is 0 Å². The molecule has 9 heteroatoms. The first-order chi connectivity index (χ1) is 10.6. The van der Waals surface area contributed by atoms with Gasteiger partial charge in [0.05, 0.1) is 24.1 Å². The van der Waals surface area contributed by atoms with Crippen LogP contribution < -0.4 is 10.5 Å². The summed E-state index contributed by atoms with van der Waals surface area (Å²) in [6.07, 6.45) is 6.48. The van der Waals surface area contributed by atoms with E-state index in [1.54, 1.807) is 18.6 Å². The molecule has 2 aromatic heterocycles. The zero-order valence-electron chi connectivity index (χ0n) is 11.7. The van der Waals surface area contributed by atoms with Crippen LogP contribution in [0.4, 0.5) is 5.82 Å². The number of anilines is 1. The molecule has 0 atom stereocenters. The van der Waals surface area contributed by atoms with Crippen LogP contribution in [0.3, 0.4) is 0 Å². The highest BCUT2D eigenvalue weighted by Crippen LogP contribution is 2.15. The average molecular weight is 341 g/mol. The van der Waals surface area contributed by atoms with Crippen molar-refractivity contribution in [2.24, 2.45) is 0 Å². The monoisotopic (exact) mass is 340 g/mol. The van der Waals surface area contributed by atoms with E-state index in [-0.39, 0.29) is 15.6 Å². The third-order valence-electron chi connectivity index (χ3n) is 3.52. The Kier molecular flexibility index (Phi) is 4.56. The van der Waals surface area contributed by atoms with Crippen molar-refractivity contribution in [2.75, 3.05) is 31.1 Å². The summed E-state index contributed by atoms with van der Waals surface area (Å²) in [4.78, 5) is 24.6. The molecule has 0 saturated carbocycles. The second-order valence-corrected chi connectivity index (χ2v) is 5.71.